The van der Waals surface area contributed by atoms with E-state index in [1.807, 2.05) is 24.3 Å². The summed E-state index contributed by atoms with van der Waals surface area (Å²) in [6, 6.07) is 32.1. The van der Waals surface area contributed by atoms with E-state index in [4.69, 9.17) is 34.8 Å². The first kappa shape index (κ1) is 52.1. The highest BCUT2D eigenvalue weighted by Crippen LogP contribution is 2.32. The van der Waals surface area contributed by atoms with Crippen molar-refractivity contribution in [2.24, 2.45) is 0 Å². The van der Waals surface area contributed by atoms with E-state index in [9.17, 15) is 39.6 Å². The van der Waals surface area contributed by atoms with Crippen molar-refractivity contribution >= 4 is 101 Å². The second-order valence-electron chi connectivity index (χ2n) is 16.0. The molecule has 4 aromatic carbocycles. The zero-order chi connectivity index (χ0) is 49.3. The number of halogens is 6. The van der Waals surface area contributed by atoms with Gasteiger partial charge in [-0.1, -0.05) is 34.8 Å². The number of benzene rings is 4. The number of thiophene rings is 2. The van der Waals surface area contributed by atoms with Crippen molar-refractivity contribution in [1.29, 1.82) is 0 Å². The fourth-order valence-corrected chi connectivity index (χ4v) is 13.7. The van der Waals surface area contributed by atoms with Gasteiger partial charge in [-0.05, 0) is 147 Å². The van der Waals surface area contributed by atoms with Crippen LogP contribution in [0.2, 0.25) is 15.1 Å². The summed E-state index contributed by atoms with van der Waals surface area (Å²) in [5, 5.41) is 14.0. The quantitative estimate of drug-likeness (QED) is 0.0840. The maximum atomic E-state index is 13.1. The number of alkyl halides is 3. The van der Waals surface area contributed by atoms with Crippen LogP contribution in [0.15, 0.2) is 130 Å². The SMILES string of the molecule is O=C(NCc1ccc(S(=O)(=O)N2CCC(Nc3ccc(C(F)(F)F)cc3)CC2)s1)c1ccc(Cl)cc1.O=C(NCc1ccc(S(=O)(=O)N2CCC(Nc3ccc(Cl)cc3)CC2)s1)c1ccc(Cl)cc1. The zero-order valence-corrected chi connectivity index (χ0v) is 42.1. The van der Waals surface area contributed by atoms with E-state index >= 15 is 0 Å². The Bertz CT molecular complexity index is 2910. The molecule has 4 N–H and O–H groups in total. The van der Waals surface area contributed by atoms with E-state index in [2.05, 4.69) is 21.3 Å². The summed E-state index contributed by atoms with van der Waals surface area (Å²) in [4.78, 5) is 26.0. The molecule has 12 nitrogen and oxygen atoms in total. The predicted molar refractivity (Wildman–Crippen MR) is 268 cm³/mol. The summed E-state index contributed by atoms with van der Waals surface area (Å²) in [6.07, 6.45) is -1.90. The number of sulfonamides is 2. The number of carbonyl (C=O) groups excluding carboxylic acids is 2. The lowest BCUT2D eigenvalue weighted by molar-refractivity contribution is -0.137. The first-order chi connectivity index (χ1) is 32.8. The molecule has 2 saturated heterocycles. The van der Waals surface area contributed by atoms with E-state index in [1.165, 1.54) is 38.1 Å². The molecule has 0 bridgehead atoms. The molecule has 69 heavy (non-hydrogen) atoms. The van der Waals surface area contributed by atoms with Crippen molar-refractivity contribution < 1.29 is 39.6 Å². The van der Waals surface area contributed by atoms with Crippen molar-refractivity contribution in [3.63, 3.8) is 0 Å². The number of nitrogens with zero attached hydrogens (tertiary/aromatic N) is 2. The Balaban J connectivity index is 0.000000205. The van der Waals surface area contributed by atoms with Gasteiger partial charge in [0.25, 0.3) is 31.9 Å². The minimum atomic E-state index is -4.39. The smallest absolute Gasteiger partial charge is 0.382 e. The molecule has 366 valence electrons. The first-order valence-electron chi connectivity index (χ1n) is 21.5. The molecular weight excluding hydrogens is 1040 g/mol. The first-order valence-corrected chi connectivity index (χ1v) is 27.2. The highest BCUT2D eigenvalue weighted by Gasteiger charge is 2.33. The minimum absolute atomic E-state index is 0.0461. The Labute approximate surface area is 421 Å². The van der Waals surface area contributed by atoms with Crippen molar-refractivity contribution in [2.45, 2.75) is 65.5 Å². The van der Waals surface area contributed by atoms with Crippen LogP contribution in [0.1, 0.15) is 61.7 Å². The molecule has 2 aliphatic heterocycles. The van der Waals surface area contributed by atoms with E-state index in [-0.39, 0.29) is 41.2 Å². The zero-order valence-electron chi connectivity index (χ0n) is 36.5. The van der Waals surface area contributed by atoms with Gasteiger partial charge in [0.1, 0.15) is 8.42 Å². The Hall–Kier alpha value is -4.70. The van der Waals surface area contributed by atoms with Crippen LogP contribution >= 0.6 is 57.5 Å². The Morgan fingerprint density at radius 3 is 1.20 bits per heavy atom. The highest BCUT2D eigenvalue weighted by molar-refractivity contribution is 7.91. The monoisotopic (exact) mass is 1080 g/mol. The van der Waals surface area contributed by atoms with Gasteiger partial charge in [-0.15, -0.1) is 22.7 Å². The Morgan fingerprint density at radius 2 is 0.855 bits per heavy atom. The molecule has 0 aliphatic carbocycles. The number of nitrogens with one attached hydrogen (secondary N) is 4. The van der Waals surface area contributed by atoms with E-state index < -0.39 is 31.8 Å². The fraction of sp³-hybridized carbons (Fsp3) is 0.277. The number of hydrogen-bond acceptors (Lipinski definition) is 10. The van der Waals surface area contributed by atoms with Gasteiger partial charge in [0.15, 0.2) is 0 Å². The van der Waals surface area contributed by atoms with Crippen LogP contribution in [0.25, 0.3) is 0 Å². The number of carbonyl (C=O) groups is 2. The van der Waals surface area contributed by atoms with Gasteiger partial charge in [-0.3, -0.25) is 9.59 Å². The van der Waals surface area contributed by atoms with Crippen LogP contribution in [0.5, 0.6) is 0 Å². The van der Waals surface area contributed by atoms with Crippen LogP contribution in [0.3, 0.4) is 0 Å². The molecule has 2 aromatic heterocycles. The molecule has 2 fully saturated rings. The largest absolute Gasteiger partial charge is 0.416 e. The van der Waals surface area contributed by atoms with Gasteiger partial charge >= 0.3 is 6.18 Å². The molecule has 0 radical (unpaired) electrons. The van der Waals surface area contributed by atoms with Gasteiger partial charge in [0.2, 0.25) is 0 Å². The predicted octanol–water partition coefficient (Wildman–Crippen LogP) is 10.9. The lowest BCUT2D eigenvalue weighted by Crippen LogP contribution is -2.42. The number of rotatable bonds is 14. The standard InChI is InChI=1S/C24H23ClF3N3O3S2.C23H23Cl2N3O3S2/c25-18-5-1-16(2-6-18)23(32)29-15-21-9-10-22(35-21)36(33,34)31-13-11-20(12-14-31)30-19-7-3-17(4-8-19)24(26,27)28;24-17-3-1-16(2-4-17)23(29)26-15-21-9-10-22(32-21)33(30,31)28-13-11-20(12-14-28)27-19-7-5-18(25)6-8-19/h1-10,20,30H,11-15H2,(H,29,32);1-10,20,27H,11-15H2,(H,26,29). The summed E-state index contributed by atoms with van der Waals surface area (Å²) in [7, 11) is -7.24. The molecule has 0 spiro atoms. The number of hydrogen-bond donors (Lipinski definition) is 4. The number of piperidine rings is 2. The summed E-state index contributed by atoms with van der Waals surface area (Å²) < 4.78 is 94.0. The third-order valence-electron chi connectivity index (χ3n) is 11.2. The molecule has 0 atom stereocenters. The van der Waals surface area contributed by atoms with Crippen molar-refractivity contribution in [2.75, 3.05) is 36.8 Å². The van der Waals surface area contributed by atoms with E-state index in [1.54, 1.807) is 66.7 Å². The summed E-state index contributed by atoms with van der Waals surface area (Å²) >= 11 is 19.9. The summed E-state index contributed by atoms with van der Waals surface area (Å²) in [5.41, 5.74) is 1.78. The third-order valence-corrected chi connectivity index (χ3v) is 18.9. The van der Waals surface area contributed by atoms with Crippen LogP contribution in [0, 0.1) is 0 Å². The van der Waals surface area contributed by atoms with Gasteiger partial charge in [0, 0.05) is 85.6 Å². The lowest BCUT2D eigenvalue weighted by atomic mass is 10.1. The van der Waals surface area contributed by atoms with Crippen molar-refractivity contribution in [1.82, 2.24) is 19.2 Å². The molecule has 4 heterocycles. The van der Waals surface area contributed by atoms with Crippen LogP contribution < -0.4 is 21.3 Å². The van der Waals surface area contributed by atoms with E-state index in [0.717, 1.165) is 46.9 Å². The number of anilines is 2. The lowest BCUT2D eigenvalue weighted by Gasteiger charge is -2.31. The molecule has 22 heteroatoms. The molecule has 0 unspecified atom stereocenters. The number of amides is 2. The minimum Gasteiger partial charge on any atom is -0.382 e. The van der Waals surface area contributed by atoms with Crippen molar-refractivity contribution in [3.05, 3.63) is 163 Å². The van der Waals surface area contributed by atoms with Crippen LogP contribution in [-0.4, -0.2) is 75.5 Å². The average molecular weight is 1080 g/mol. The van der Waals surface area contributed by atoms with Crippen LogP contribution in [-0.2, 0) is 39.3 Å². The second-order valence-corrected chi connectivity index (χ2v) is 24.0. The molecule has 2 amide bonds. The van der Waals surface area contributed by atoms with Gasteiger partial charge in [0.05, 0.1) is 18.7 Å². The third kappa shape index (κ3) is 14.2. The average Bonchev–Trinajstić information content (AvgIpc) is 4.04. The Kier molecular flexibility index (Phi) is 17.4. The Morgan fingerprint density at radius 1 is 0.522 bits per heavy atom. The van der Waals surface area contributed by atoms with Gasteiger partial charge in [-0.25, -0.2) is 16.8 Å². The molecule has 2 aliphatic rings. The summed E-state index contributed by atoms with van der Waals surface area (Å²) in [5.74, 6) is -0.521. The topological polar surface area (TPSA) is 157 Å². The molecule has 0 saturated carbocycles. The summed E-state index contributed by atoms with van der Waals surface area (Å²) in [6.45, 7) is 1.94. The second kappa shape index (κ2) is 23.0. The maximum absolute atomic E-state index is 13.1. The highest BCUT2D eigenvalue weighted by atomic mass is 35.5. The van der Waals surface area contributed by atoms with Crippen LogP contribution in [0.4, 0.5) is 24.5 Å². The van der Waals surface area contributed by atoms with Gasteiger partial charge < -0.3 is 21.3 Å². The normalized spacial score (nSPS) is 15.4. The van der Waals surface area contributed by atoms with E-state index in [0.29, 0.717) is 80.0 Å². The molecular formula is C47H46Cl3F3N6O6S4. The maximum Gasteiger partial charge on any atom is 0.416 e. The molecule has 6 aromatic rings. The fourth-order valence-electron chi connectivity index (χ4n) is 7.43. The van der Waals surface area contributed by atoms with Crippen molar-refractivity contribution in [3.8, 4) is 0 Å². The van der Waals surface area contributed by atoms with Gasteiger partial charge in [-0.2, -0.15) is 21.8 Å². The molecule has 8 rings (SSSR count).